The minimum atomic E-state index is -0.525. The Balaban J connectivity index is 1.85. The van der Waals surface area contributed by atoms with E-state index < -0.39 is 10.8 Å². The van der Waals surface area contributed by atoms with Gasteiger partial charge >= 0.3 is 0 Å². The lowest BCUT2D eigenvalue weighted by Gasteiger charge is -2.38. The summed E-state index contributed by atoms with van der Waals surface area (Å²) in [6.45, 7) is 4.77. The summed E-state index contributed by atoms with van der Waals surface area (Å²) in [4.78, 5) is 0. The highest BCUT2D eigenvalue weighted by Gasteiger charge is 2.30. The fraction of sp³-hybridized carbons (Fsp3) is 1.00. The molecule has 0 aromatic carbocycles. The van der Waals surface area contributed by atoms with E-state index in [1.165, 1.54) is 19.3 Å². The van der Waals surface area contributed by atoms with Gasteiger partial charge in [0.1, 0.15) is 0 Å². The Kier molecular flexibility index (Phi) is 4.42. The van der Waals surface area contributed by atoms with Crippen LogP contribution in [0.4, 0.5) is 0 Å². The lowest BCUT2D eigenvalue weighted by Crippen LogP contribution is -2.49. The molecule has 94 valence electrons. The van der Waals surface area contributed by atoms with Gasteiger partial charge in [0.25, 0.3) is 0 Å². The SMILES string of the molecule is CC1CCCC(C)C1NC1CCS(=O)CC1. The van der Waals surface area contributed by atoms with Gasteiger partial charge in [0.2, 0.25) is 0 Å². The number of rotatable bonds is 2. The maximum absolute atomic E-state index is 11.3. The van der Waals surface area contributed by atoms with E-state index in [0.29, 0.717) is 12.1 Å². The molecule has 2 atom stereocenters. The highest BCUT2D eigenvalue weighted by atomic mass is 32.2. The number of hydrogen-bond donors (Lipinski definition) is 1. The zero-order chi connectivity index (χ0) is 11.5. The van der Waals surface area contributed by atoms with E-state index in [-0.39, 0.29) is 0 Å². The highest BCUT2D eigenvalue weighted by Crippen LogP contribution is 2.29. The molecule has 1 aliphatic carbocycles. The van der Waals surface area contributed by atoms with Gasteiger partial charge in [-0.3, -0.25) is 4.21 Å². The van der Waals surface area contributed by atoms with Crippen molar-refractivity contribution in [1.82, 2.24) is 5.32 Å². The Bertz CT molecular complexity index is 236. The Morgan fingerprint density at radius 1 is 1.00 bits per heavy atom. The first-order chi connectivity index (χ1) is 7.66. The maximum Gasteiger partial charge on any atom is 0.0249 e. The van der Waals surface area contributed by atoms with E-state index in [4.69, 9.17) is 0 Å². The number of nitrogens with one attached hydrogen (secondary N) is 1. The van der Waals surface area contributed by atoms with Gasteiger partial charge in [-0.2, -0.15) is 0 Å². The van der Waals surface area contributed by atoms with Crippen molar-refractivity contribution < 1.29 is 4.21 Å². The zero-order valence-electron chi connectivity index (χ0n) is 10.6. The average molecular weight is 243 g/mol. The molecular weight excluding hydrogens is 218 g/mol. The lowest BCUT2D eigenvalue weighted by molar-refractivity contribution is 0.189. The van der Waals surface area contributed by atoms with Crippen molar-refractivity contribution in [3.63, 3.8) is 0 Å². The smallest absolute Gasteiger partial charge is 0.0249 e. The van der Waals surface area contributed by atoms with Gasteiger partial charge in [0.05, 0.1) is 0 Å². The topological polar surface area (TPSA) is 29.1 Å². The van der Waals surface area contributed by atoms with Crippen LogP contribution in [-0.4, -0.2) is 27.8 Å². The monoisotopic (exact) mass is 243 g/mol. The van der Waals surface area contributed by atoms with E-state index in [0.717, 1.165) is 36.2 Å². The molecule has 0 amide bonds. The third-order valence-electron chi connectivity index (χ3n) is 4.36. The molecule has 0 bridgehead atoms. The Labute approximate surface area is 102 Å². The molecule has 2 aliphatic rings. The molecule has 0 spiro atoms. The molecule has 2 unspecified atom stereocenters. The van der Waals surface area contributed by atoms with E-state index in [2.05, 4.69) is 19.2 Å². The molecule has 0 aromatic rings. The highest BCUT2D eigenvalue weighted by molar-refractivity contribution is 7.85. The molecule has 2 fully saturated rings. The Morgan fingerprint density at radius 3 is 2.12 bits per heavy atom. The molecule has 0 radical (unpaired) electrons. The summed E-state index contributed by atoms with van der Waals surface area (Å²) in [7, 11) is -0.525. The fourth-order valence-electron chi connectivity index (χ4n) is 3.24. The van der Waals surface area contributed by atoms with Gasteiger partial charge in [-0.1, -0.05) is 20.3 Å². The van der Waals surface area contributed by atoms with Crippen LogP contribution in [0, 0.1) is 11.8 Å². The molecule has 1 aliphatic heterocycles. The van der Waals surface area contributed by atoms with Crippen LogP contribution in [-0.2, 0) is 10.8 Å². The maximum atomic E-state index is 11.3. The largest absolute Gasteiger partial charge is 0.311 e. The van der Waals surface area contributed by atoms with Crippen molar-refractivity contribution in [2.45, 2.75) is 58.0 Å². The molecule has 2 rings (SSSR count). The second kappa shape index (κ2) is 5.63. The van der Waals surface area contributed by atoms with E-state index in [1.807, 2.05) is 0 Å². The third kappa shape index (κ3) is 3.07. The molecule has 16 heavy (non-hydrogen) atoms. The summed E-state index contributed by atoms with van der Waals surface area (Å²) in [6.07, 6.45) is 6.38. The molecule has 0 aromatic heterocycles. The fourth-order valence-corrected chi connectivity index (χ4v) is 4.54. The van der Waals surface area contributed by atoms with Crippen molar-refractivity contribution in [2.24, 2.45) is 11.8 Å². The van der Waals surface area contributed by atoms with E-state index >= 15 is 0 Å². The molecule has 2 nitrogen and oxygen atoms in total. The van der Waals surface area contributed by atoms with Crippen molar-refractivity contribution in [2.75, 3.05) is 11.5 Å². The molecule has 1 saturated carbocycles. The Morgan fingerprint density at radius 2 is 1.56 bits per heavy atom. The minimum absolute atomic E-state index is 0.525. The van der Waals surface area contributed by atoms with Crippen LogP contribution in [0.5, 0.6) is 0 Å². The minimum Gasteiger partial charge on any atom is -0.311 e. The average Bonchev–Trinajstić information content (AvgIpc) is 2.26. The van der Waals surface area contributed by atoms with Crippen molar-refractivity contribution >= 4 is 10.8 Å². The summed E-state index contributed by atoms with van der Waals surface area (Å²) in [5.41, 5.74) is 0. The third-order valence-corrected chi connectivity index (χ3v) is 5.74. The van der Waals surface area contributed by atoms with Crippen LogP contribution in [0.15, 0.2) is 0 Å². The van der Waals surface area contributed by atoms with Crippen molar-refractivity contribution in [3.8, 4) is 0 Å². The molecule has 1 N–H and O–H groups in total. The second-order valence-electron chi connectivity index (χ2n) is 5.70. The summed E-state index contributed by atoms with van der Waals surface area (Å²) in [6, 6.07) is 1.33. The Hall–Kier alpha value is 0.110. The van der Waals surface area contributed by atoms with Gasteiger partial charge in [-0.05, 0) is 37.5 Å². The molecule has 1 saturated heterocycles. The summed E-state index contributed by atoms with van der Waals surface area (Å²) in [5.74, 6) is 3.45. The van der Waals surface area contributed by atoms with Crippen LogP contribution in [0.3, 0.4) is 0 Å². The quantitative estimate of drug-likeness (QED) is 0.806. The van der Waals surface area contributed by atoms with Gasteiger partial charge in [-0.15, -0.1) is 0 Å². The predicted molar refractivity (Wildman–Crippen MR) is 70.0 cm³/mol. The second-order valence-corrected chi connectivity index (χ2v) is 7.40. The summed E-state index contributed by atoms with van der Waals surface area (Å²) < 4.78 is 11.3. The molecular formula is C13H25NOS. The first-order valence-corrected chi connectivity index (χ1v) is 8.26. The lowest BCUT2D eigenvalue weighted by atomic mass is 9.78. The van der Waals surface area contributed by atoms with Crippen LogP contribution < -0.4 is 5.32 Å². The zero-order valence-corrected chi connectivity index (χ0v) is 11.4. The predicted octanol–water partition coefficient (Wildman–Crippen LogP) is 2.31. The van der Waals surface area contributed by atoms with Gasteiger partial charge < -0.3 is 5.32 Å². The first kappa shape index (κ1) is 12.6. The van der Waals surface area contributed by atoms with Crippen molar-refractivity contribution in [1.29, 1.82) is 0 Å². The van der Waals surface area contributed by atoms with Crippen LogP contribution in [0.2, 0.25) is 0 Å². The summed E-state index contributed by atoms with van der Waals surface area (Å²) >= 11 is 0. The van der Waals surface area contributed by atoms with Gasteiger partial charge in [0.15, 0.2) is 0 Å². The van der Waals surface area contributed by atoms with Crippen LogP contribution in [0.1, 0.15) is 46.0 Å². The van der Waals surface area contributed by atoms with E-state index in [1.54, 1.807) is 0 Å². The molecule has 3 heteroatoms. The number of hydrogen-bond acceptors (Lipinski definition) is 2. The van der Waals surface area contributed by atoms with Gasteiger partial charge in [0, 0.05) is 34.4 Å². The van der Waals surface area contributed by atoms with Crippen LogP contribution >= 0.6 is 0 Å². The first-order valence-electron chi connectivity index (χ1n) is 6.78. The van der Waals surface area contributed by atoms with Crippen molar-refractivity contribution in [3.05, 3.63) is 0 Å². The summed E-state index contributed by atoms with van der Waals surface area (Å²) in [5, 5.41) is 3.84. The van der Waals surface area contributed by atoms with Crippen LogP contribution in [0.25, 0.3) is 0 Å². The normalized spacial score (nSPS) is 45.5. The standard InChI is InChI=1S/C13H25NOS/c1-10-4-3-5-11(2)13(10)14-12-6-8-16(15)9-7-12/h10-14H,3-9H2,1-2H3. The van der Waals surface area contributed by atoms with E-state index in [9.17, 15) is 4.21 Å². The van der Waals surface area contributed by atoms with Gasteiger partial charge in [-0.25, -0.2) is 0 Å². The molecule has 1 heterocycles.